The molecule has 0 aliphatic carbocycles. The Morgan fingerprint density at radius 3 is 2.76 bits per heavy atom. The summed E-state index contributed by atoms with van der Waals surface area (Å²) in [6, 6.07) is 13.2. The van der Waals surface area contributed by atoms with Gasteiger partial charge in [0.2, 0.25) is 6.79 Å². The summed E-state index contributed by atoms with van der Waals surface area (Å²) >= 11 is 3.45. The van der Waals surface area contributed by atoms with E-state index in [1.807, 2.05) is 42.5 Å². The fraction of sp³-hybridized carbons (Fsp3) is 0.125. The quantitative estimate of drug-likeness (QED) is 0.763. The van der Waals surface area contributed by atoms with Crippen LogP contribution in [0.25, 0.3) is 11.0 Å². The maximum Gasteiger partial charge on any atom is 0.231 e. The van der Waals surface area contributed by atoms with Gasteiger partial charge in [-0.05, 0) is 42.0 Å². The fourth-order valence-corrected chi connectivity index (χ4v) is 2.84. The topological polar surface area (TPSA) is 57.6 Å². The minimum atomic E-state index is -0.342. The lowest BCUT2D eigenvalue weighted by Crippen LogP contribution is -2.10. The Bertz CT molecular complexity index is 828. The highest BCUT2D eigenvalue weighted by atomic mass is 79.9. The van der Waals surface area contributed by atoms with Gasteiger partial charge in [0.05, 0.1) is 6.04 Å². The molecule has 1 aliphatic heterocycles. The van der Waals surface area contributed by atoms with Gasteiger partial charge in [-0.25, -0.2) is 0 Å². The van der Waals surface area contributed by atoms with Gasteiger partial charge in [-0.15, -0.1) is 0 Å². The smallest absolute Gasteiger partial charge is 0.231 e. The minimum absolute atomic E-state index is 0.257. The summed E-state index contributed by atoms with van der Waals surface area (Å²) in [5, 5.41) is 1.02. The predicted octanol–water partition coefficient (Wildman–Crippen LogP) is 3.97. The molecule has 1 atom stereocenters. The molecule has 2 heterocycles. The lowest BCUT2D eigenvalue weighted by atomic mass is 10.0. The highest BCUT2D eigenvalue weighted by Crippen LogP contribution is 2.36. The van der Waals surface area contributed by atoms with Crippen molar-refractivity contribution in [1.29, 1.82) is 0 Å². The van der Waals surface area contributed by atoms with Crippen LogP contribution in [0.3, 0.4) is 0 Å². The molecule has 2 aromatic carbocycles. The van der Waals surface area contributed by atoms with Crippen LogP contribution in [0.2, 0.25) is 0 Å². The Morgan fingerprint density at radius 2 is 1.86 bits per heavy atom. The molecule has 106 valence electrons. The van der Waals surface area contributed by atoms with E-state index in [0.29, 0.717) is 0 Å². The molecule has 1 aliphatic rings. The van der Waals surface area contributed by atoms with Gasteiger partial charge in [0.25, 0.3) is 0 Å². The summed E-state index contributed by atoms with van der Waals surface area (Å²) in [5.41, 5.74) is 8.06. The number of benzene rings is 2. The van der Waals surface area contributed by atoms with E-state index >= 15 is 0 Å². The van der Waals surface area contributed by atoms with Crippen LogP contribution in [0.4, 0.5) is 0 Å². The first-order valence-corrected chi connectivity index (χ1v) is 7.34. The molecule has 1 aromatic heterocycles. The van der Waals surface area contributed by atoms with Crippen LogP contribution in [0.15, 0.2) is 51.4 Å². The second-order valence-corrected chi connectivity index (χ2v) is 5.84. The Kier molecular flexibility index (Phi) is 2.90. The number of ether oxygens (including phenoxy) is 2. The van der Waals surface area contributed by atoms with E-state index in [-0.39, 0.29) is 12.8 Å². The first-order valence-electron chi connectivity index (χ1n) is 6.55. The highest BCUT2D eigenvalue weighted by molar-refractivity contribution is 9.10. The van der Waals surface area contributed by atoms with Gasteiger partial charge in [0.15, 0.2) is 11.5 Å². The lowest BCUT2D eigenvalue weighted by Gasteiger charge is -2.09. The molecule has 3 aromatic rings. The van der Waals surface area contributed by atoms with Crippen molar-refractivity contribution < 1.29 is 13.9 Å². The van der Waals surface area contributed by atoms with Crippen LogP contribution < -0.4 is 15.2 Å². The van der Waals surface area contributed by atoms with Crippen LogP contribution >= 0.6 is 15.9 Å². The number of nitrogens with two attached hydrogens (primary N) is 1. The van der Waals surface area contributed by atoms with Gasteiger partial charge in [0.1, 0.15) is 11.3 Å². The SMILES string of the molecule is NC(c1ccc2c(c1)OCO2)c1cc2cc(Br)ccc2o1. The zero-order valence-corrected chi connectivity index (χ0v) is 12.6. The molecule has 0 saturated carbocycles. The van der Waals surface area contributed by atoms with Gasteiger partial charge in [0, 0.05) is 9.86 Å². The summed E-state index contributed by atoms with van der Waals surface area (Å²) in [6.07, 6.45) is 0. The molecule has 21 heavy (non-hydrogen) atoms. The van der Waals surface area contributed by atoms with Gasteiger partial charge >= 0.3 is 0 Å². The molecule has 0 spiro atoms. The number of hydrogen-bond acceptors (Lipinski definition) is 4. The molecule has 0 radical (unpaired) electrons. The first-order chi connectivity index (χ1) is 10.2. The van der Waals surface area contributed by atoms with Crippen molar-refractivity contribution in [2.75, 3.05) is 6.79 Å². The van der Waals surface area contributed by atoms with E-state index in [1.165, 1.54) is 0 Å². The van der Waals surface area contributed by atoms with E-state index < -0.39 is 0 Å². The Labute approximate surface area is 129 Å². The maximum absolute atomic E-state index is 6.31. The molecule has 4 nitrogen and oxygen atoms in total. The highest BCUT2D eigenvalue weighted by Gasteiger charge is 2.19. The van der Waals surface area contributed by atoms with E-state index in [1.54, 1.807) is 0 Å². The third-order valence-electron chi connectivity index (χ3n) is 3.56. The summed E-state index contributed by atoms with van der Waals surface area (Å²) < 4.78 is 17.5. The summed E-state index contributed by atoms with van der Waals surface area (Å²) in [5.74, 6) is 2.20. The van der Waals surface area contributed by atoms with E-state index in [2.05, 4.69) is 15.9 Å². The predicted molar refractivity (Wildman–Crippen MR) is 82.5 cm³/mol. The van der Waals surface area contributed by atoms with Crippen LogP contribution in [0, 0.1) is 0 Å². The normalized spacial score (nSPS) is 14.6. The van der Waals surface area contributed by atoms with E-state index in [0.717, 1.165) is 38.3 Å². The number of rotatable bonds is 2. The zero-order valence-electron chi connectivity index (χ0n) is 11.0. The molecule has 0 fully saturated rings. The second-order valence-electron chi connectivity index (χ2n) is 4.92. The molecule has 4 rings (SSSR count). The molecule has 5 heteroatoms. The van der Waals surface area contributed by atoms with Crippen molar-refractivity contribution in [2.45, 2.75) is 6.04 Å². The number of hydrogen-bond donors (Lipinski definition) is 1. The van der Waals surface area contributed by atoms with Crippen LogP contribution in [0.5, 0.6) is 11.5 Å². The number of fused-ring (bicyclic) bond motifs is 2. The molecule has 2 N–H and O–H groups in total. The third-order valence-corrected chi connectivity index (χ3v) is 4.05. The largest absolute Gasteiger partial charge is 0.459 e. The van der Waals surface area contributed by atoms with Crippen LogP contribution in [-0.2, 0) is 0 Å². The van der Waals surface area contributed by atoms with Crippen molar-refractivity contribution in [3.63, 3.8) is 0 Å². The van der Waals surface area contributed by atoms with Gasteiger partial charge in [-0.3, -0.25) is 0 Å². The molecular formula is C16H12BrNO3. The van der Waals surface area contributed by atoms with Crippen molar-refractivity contribution in [3.8, 4) is 11.5 Å². The molecule has 0 amide bonds. The Balaban J connectivity index is 1.73. The number of furan rings is 1. The van der Waals surface area contributed by atoms with Crippen molar-refractivity contribution in [2.24, 2.45) is 5.73 Å². The minimum Gasteiger partial charge on any atom is -0.459 e. The van der Waals surface area contributed by atoms with Crippen LogP contribution in [-0.4, -0.2) is 6.79 Å². The second kappa shape index (κ2) is 4.79. The zero-order chi connectivity index (χ0) is 14.4. The standard InChI is InChI=1S/C16H12BrNO3/c17-11-2-4-12-10(5-11)7-15(21-12)16(18)9-1-3-13-14(6-9)20-8-19-13/h1-7,16H,8,18H2. The first kappa shape index (κ1) is 12.7. The fourth-order valence-electron chi connectivity index (χ4n) is 2.46. The van der Waals surface area contributed by atoms with E-state index in [4.69, 9.17) is 19.6 Å². The van der Waals surface area contributed by atoms with Gasteiger partial charge in [-0.2, -0.15) is 0 Å². The molecule has 1 unspecified atom stereocenters. The van der Waals surface area contributed by atoms with E-state index in [9.17, 15) is 0 Å². The van der Waals surface area contributed by atoms with Crippen molar-refractivity contribution in [3.05, 3.63) is 58.3 Å². The summed E-state index contributed by atoms with van der Waals surface area (Å²) in [6.45, 7) is 0.257. The summed E-state index contributed by atoms with van der Waals surface area (Å²) in [7, 11) is 0. The van der Waals surface area contributed by atoms with Crippen molar-refractivity contribution >= 4 is 26.9 Å². The van der Waals surface area contributed by atoms with Gasteiger partial charge in [-0.1, -0.05) is 22.0 Å². The lowest BCUT2D eigenvalue weighted by molar-refractivity contribution is 0.174. The number of halogens is 1. The van der Waals surface area contributed by atoms with Crippen molar-refractivity contribution in [1.82, 2.24) is 0 Å². The average molecular weight is 346 g/mol. The Morgan fingerprint density at radius 1 is 1.00 bits per heavy atom. The monoisotopic (exact) mass is 345 g/mol. The third kappa shape index (κ3) is 2.18. The van der Waals surface area contributed by atoms with Crippen LogP contribution in [0.1, 0.15) is 17.4 Å². The molecular weight excluding hydrogens is 334 g/mol. The molecule has 0 saturated heterocycles. The summed E-state index contributed by atoms with van der Waals surface area (Å²) in [4.78, 5) is 0. The average Bonchev–Trinajstić information content (AvgIpc) is 3.11. The van der Waals surface area contributed by atoms with Gasteiger partial charge < -0.3 is 19.6 Å². The Hall–Kier alpha value is -1.98. The molecule has 0 bridgehead atoms. The maximum atomic E-state index is 6.31.